The minimum Gasteiger partial charge on any atom is -0.507 e. The highest BCUT2D eigenvalue weighted by Crippen LogP contribution is 2.40. The van der Waals surface area contributed by atoms with Crippen LogP contribution in [0.4, 0.5) is 4.39 Å². The summed E-state index contributed by atoms with van der Waals surface area (Å²) in [4.78, 5) is 83.4. The molecule has 5 rings (SSSR count). The number of nitrogens with two attached hydrogens (primary N) is 1. The van der Waals surface area contributed by atoms with Crippen LogP contribution in [-0.4, -0.2) is 76.4 Å². The fourth-order valence-electron chi connectivity index (χ4n) is 7.58. The largest absolute Gasteiger partial charge is 0.507 e. The van der Waals surface area contributed by atoms with E-state index < -0.39 is 65.7 Å². The first-order valence-electron chi connectivity index (χ1n) is 20.1. The molecule has 0 aromatic heterocycles. The van der Waals surface area contributed by atoms with Gasteiger partial charge in [-0.3, -0.25) is 28.8 Å². The number of likely N-dealkylation sites (N-methyl/N-ethyl adjacent to an activating group) is 1. The van der Waals surface area contributed by atoms with Gasteiger partial charge in [-0.05, 0) is 84.5 Å². The molecule has 0 saturated carbocycles. The molecule has 13 heteroatoms. The van der Waals surface area contributed by atoms with Crippen molar-refractivity contribution in [2.24, 2.45) is 23.5 Å². The van der Waals surface area contributed by atoms with Gasteiger partial charge in [-0.2, -0.15) is 0 Å². The Morgan fingerprint density at radius 1 is 0.867 bits per heavy atom. The number of hydrogen-bond donors (Lipinski definition) is 4. The lowest BCUT2D eigenvalue weighted by Crippen LogP contribution is -2.46. The Hall–Kier alpha value is -5.72. The number of amides is 2. The van der Waals surface area contributed by atoms with Gasteiger partial charge in [0.05, 0.1) is 6.04 Å². The zero-order chi connectivity index (χ0) is 43.7. The molecule has 0 fully saturated rings. The highest BCUT2D eigenvalue weighted by atomic mass is 35.5. The predicted octanol–water partition coefficient (Wildman–Crippen LogP) is 7.37. The molecule has 316 valence electrons. The molecule has 2 amide bonds. The number of nitrogens with one attached hydrogen (secondary N) is 1. The van der Waals surface area contributed by atoms with E-state index in [2.05, 4.69) is 5.32 Å². The Morgan fingerprint density at radius 2 is 1.48 bits per heavy atom. The van der Waals surface area contributed by atoms with Crippen LogP contribution in [0.1, 0.15) is 79.9 Å². The van der Waals surface area contributed by atoms with E-state index in [1.807, 2.05) is 24.3 Å². The summed E-state index contributed by atoms with van der Waals surface area (Å²) in [6.45, 7) is 2.08. The molecule has 4 aromatic carbocycles. The fraction of sp³-hybridized carbons (Fsp3) is 0.362. The normalized spacial score (nSPS) is 17.8. The van der Waals surface area contributed by atoms with Crippen LogP contribution in [0.5, 0.6) is 11.5 Å². The minimum atomic E-state index is -1.30. The monoisotopic (exact) mass is 839 g/mol. The van der Waals surface area contributed by atoms with Crippen LogP contribution < -0.4 is 11.1 Å². The van der Waals surface area contributed by atoms with E-state index in [-0.39, 0.29) is 54.1 Å². The first-order chi connectivity index (χ1) is 28.6. The summed E-state index contributed by atoms with van der Waals surface area (Å²) in [5.74, 6) is -6.44. The Balaban J connectivity index is 1.49. The zero-order valence-electron chi connectivity index (χ0n) is 34.0. The second-order valence-corrected chi connectivity index (χ2v) is 16.1. The number of fused-ring (bicyclic) bond motifs is 5. The number of nitrogens with zero attached hydrogens (tertiary/aromatic N) is 1. The van der Waals surface area contributed by atoms with Gasteiger partial charge in [-0.25, -0.2) is 4.39 Å². The molecule has 60 heavy (non-hydrogen) atoms. The average Bonchev–Trinajstić information content (AvgIpc) is 3.23. The van der Waals surface area contributed by atoms with Crippen molar-refractivity contribution in [1.29, 1.82) is 0 Å². The molecule has 1 heterocycles. The number of ketones is 4. The van der Waals surface area contributed by atoms with Gasteiger partial charge in [0.25, 0.3) is 0 Å². The summed E-state index contributed by atoms with van der Waals surface area (Å²) in [7, 11) is 1.46. The van der Waals surface area contributed by atoms with Crippen molar-refractivity contribution in [2.75, 3.05) is 20.3 Å². The van der Waals surface area contributed by atoms with Gasteiger partial charge in [0, 0.05) is 65.8 Å². The van der Waals surface area contributed by atoms with Gasteiger partial charge in [-0.1, -0.05) is 80.4 Å². The third kappa shape index (κ3) is 11.1. The maximum Gasteiger partial charge on any atom is 0.226 e. The van der Waals surface area contributed by atoms with Crippen molar-refractivity contribution >= 4 is 46.5 Å². The van der Waals surface area contributed by atoms with Gasteiger partial charge < -0.3 is 26.2 Å². The lowest BCUT2D eigenvalue weighted by atomic mass is 9.87. The average molecular weight is 840 g/mol. The highest BCUT2D eigenvalue weighted by Gasteiger charge is 2.36. The summed E-state index contributed by atoms with van der Waals surface area (Å²) in [5, 5.41) is 25.5. The summed E-state index contributed by atoms with van der Waals surface area (Å²) in [6.07, 6.45) is 0.528. The van der Waals surface area contributed by atoms with Crippen LogP contribution in [0.25, 0.3) is 22.3 Å². The molecule has 11 nitrogen and oxygen atoms in total. The Kier molecular flexibility index (Phi) is 15.5. The molecule has 0 spiro atoms. The third-order valence-electron chi connectivity index (χ3n) is 11.2. The van der Waals surface area contributed by atoms with E-state index >= 15 is 0 Å². The quantitative estimate of drug-likeness (QED) is 0.0701. The summed E-state index contributed by atoms with van der Waals surface area (Å²) < 4.78 is 13.1. The van der Waals surface area contributed by atoms with Crippen LogP contribution in [0.15, 0.2) is 84.9 Å². The maximum absolute atomic E-state index is 14.6. The topological polar surface area (TPSA) is 184 Å². The van der Waals surface area contributed by atoms with Gasteiger partial charge in [-0.15, -0.1) is 0 Å². The summed E-state index contributed by atoms with van der Waals surface area (Å²) >= 11 is 6.05. The fourth-order valence-corrected chi connectivity index (χ4v) is 7.70. The van der Waals surface area contributed by atoms with Crippen LogP contribution in [0, 0.1) is 17.8 Å². The van der Waals surface area contributed by atoms with Gasteiger partial charge in [0.1, 0.15) is 24.2 Å². The number of phenols is 2. The maximum atomic E-state index is 14.6. The third-order valence-corrected chi connectivity index (χ3v) is 11.4. The van der Waals surface area contributed by atoms with E-state index in [0.717, 1.165) is 11.1 Å². The van der Waals surface area contributed by atoms with Crippen LogP contribution >= 0.6 is 11.6 Å². The van der Waals surface area contributed by atoms with Crippen molar-refractivity contribution in [2.45, 2.75) is 70.9 Å². The molecule has 0 radical (unpaired) electrons. The van der Waals surface area contributed by atoms with Crippen molar-refractivity contribution in [1.82, 2.24) is 10.2 Å². The molecule has 4 bridgehead atoms. The number of phenolic OH excluding ortho intramolecular Hbond substituents is 2. The van der Waals surface area contributed by atoms with Gasteiger partial charge >= 0.3 is 0 Å². The highest BCUT2D eigenvalue weighted by molar-refractivity contribution is 6.30. The second kappa shape index (κ2) is 20.5. The van der Waals surface area contributed by atoms with Crippen LogP contribution in [0.2, 0.25) is 5.02 Å². The molecule has 5 atom stereocenters. The number of Topliss-reactive ketones (excluding diaryl/α,β-unsaturated/α-hetero) is 4. The molecule has 5 N–H and O–H groups in total. The molecular formula is C47H51ClFN3O8. The van der Waals surface area contributed by atoms with Crippen LogP contribution in [-0.2, 0) is 30.4 Å². The molecule has 0 saturated heterocycles. The lowest BCUT2D eigenvalue weighted by Gasteiger charge is -2.32. The SMILES string of the molecule is C[C@H](CC(=O)[C@@H]1Cc2ccc(O)c(c2)-c2cc(ccc2O)[C@H](N(C)C(=O)[C@H](CCCCN)CC(=O)c2ccc(-c3ccc(Cl)cc3)cc2)C(=O)C[C@@H](C)C(=O)N1)C(=O)CF. The van der Waals surface area contributed by atoms with Crippen molar-refractivity contribution in [3.05, 3.63) is 107 Å². The van der Waals surface area contributed by atoms with E-state index in [1.54, 1.807) is 36.4 Å². The minimum absolute atomic E-state index is 0.0634. The van der Waals surface area contributed by atoms with Gasteiger partial charge in [0.2, 0.25) is 11.8 Å². The van der Waals surface area contributed by atoms with Crippen molar-refractivity contribution in [3.63, 3.8) is 0 Å². The number of hydrogen-bond acceptors (Lipinski definition) is 9. The molecule has 4 aromatic rings. The lowest BCUT2D eigenvalue weighted by molar-refractivity contribution is -0.142. The first-order valence-corrected chi connectivity index (χ1v) is 20.4. The molecular weight excluding hydrogens is 789 g/mol. The van der Waals surface area contributed by atoms with E-state index in [0.29, 0.717) is 47.5 Å². The van der Waals surface area contributed by atoms with E-state index in [9.17, 15) is 43.4 Å². The van der Waals surface area contributed by atoms with Crippen molar-refractivity contribution in [3.8, 4) is 33.8 Å². The van der Waals surface area contributed by atoms with Crippen molar-refractivity contribution < 1.29 is 43.4 Å². The first kappa shape index (κ1) is 45.4. The second-order valence-electron chi connectivity index (χ2n) is 15.7. The number of carbonyl (C=O) groups is 6. The standard InChI is InChI=1S/C47H51ClFN3O8/c1-27(44(58)26-49)20-42(56)38-23-29-7-17-39(53)36(22-29)37-24-33(14-18-40(37)54)45(43(57)21-28(2)46(59)51-38)52(3)47(60)34(6-4-5-19-50)25-41(55)32-10-8-30(9-11-32)31-12-15-35(48)16-13-31/h7-18,22,24,27-28,34,38,45,53-54H,4-6,19-21,23,25-26,50H2,1-3H3,(H,51,59)/t27-,28-,34-,38+,45+/m1/s1. The smallest absolute Gasteiger partial charge is 0.226 e. The predicted molar refractivity (Wildman–Crippen MR) is 227 cm³/mol. The number of carbonyl (C=O) groups excluding carboxylic acids is 6. The number of alkyl halides is 1. The summed E-state index contributed by atoms with van der Waals surface area (Å²) in [6, 6.07) is 20.7. The van der Waals surface area contributed by atoms with E-state index in [1.165, 1.54) is 50.1 Å². The number of benzene rings is 4. The number of unbranched alkanes of at least 4 members (excludes halogenated alkanes) is 1. The van der Waals surface area contributed by atoms with Crippen LogP contribution in [0.3, 0.4) is 0 Å². The number of aromatic hydroxyl groups is 2. The van der Waals surface area contributed by atoms with Gasteiger partial charge in [0.15, 0.2) is 23.1 Å². The Bertz CT molecular complexity index is 2230. The zero-order valence-corrected chi connectivity index (χ0v) is 34.7. The van der Waals surface area contributed by atoms with E-state index in [4.69, 9.17) is 17.3 Å². The number of rotatable bonds is 15. The number of halogens is 2. The Labute approximate surface area is 354 Å². The molecule has 1 aliphatic heterocycles. The Morgan fingerprint density at radius 3 is 2.12 bits per heavy atom. The molecule has 0 unspecified atom stereocenters. The molecule has 0 aliphatic carbocycles. The summed E-state index contributed by atoms with van der Waals surface area (Å²) in [5.41, 5.74) is 9.08. The molecule has 1 aliphatic rings.